The summed E-state index contributed by atoms with van der Waals surface area (Å²) in [6.45, 7) is 2.27. The van der Waals surface area contributed by atoms with Crippen LogP contribution in [-0.4, -0.2) is 39.8 Å². The van der Waals surface area contributed by atoms with Crippen LogP contribution in [0.25, 0.3) is 0 Å². The van der Waals surface area contributed by atoms with Gasteiger partial charge in [-0.1, -0.05) is 40.5 Å². The molecule has 0 radical (unpaired) electrons. The van der Waals surface area contributed by atoms with Crippen molar-refractivity contribution in [3.05, 3.63) is 0 Å². The molecule has 0 aromatic carbocycles. The normalized spacial score (nSPS) is 34.6. The molecule has 2 aliphatic heterocycles. The predicted octanol–water partition coefficient (Wildman–Crippen LogP) is 3.51. The smallest absolute Gasteiger partial charge is 0.159 e. The van der Waals surface area contributed by atoms with E-state index in [4.69, 9.17) is 4.99 Å². The summed E-state index contributed by atoms with van der Waals surface area (Å²) in [5.41, 5.74) is 0. The molecule has 17 heavy (non-hydrogen) atoms. The maximum atomic E-state index is 4.77. The lowest BCUT2D eigenvalue weighted by molar-refractivity contribution is 0.285. The van der Waals surface area contributed by atoms with E-state index in [-0.39, 0.29) is 0 Å². The fourth-order valence-corrected chi connectivity index (χ4v) is 5.13. The van der Waals surface area contributed by atoms with E-state index >= 15 is 0 Å². The van der Waals surface area contributed by atoms with Gasteiger partial charge in [0.1, 0.15) is 0 Å². The fraction of sp³-hybridized carbons (Fsp3) is 0.923. The molecule has 1 aliphatic carbocycles. The second kappa shape index (κ2) is 5.52. The Hall–Kier alpha value is 0.300. The maximum Gasteiger partial charge on any atom is 0.159 e. The highest BCUT2D eigenvalue weighted by molar-refractivity contribution is 9.09. The largest absolute Gasteiger partial charge is 0.348 e. The van der Waals surface area contributed by atoms with Crippen LogP contribution in [0.1, 0.15) is 38.5 Å². The van der Waals surface area contributed by atoms with Gasteiger partial charge in [-0.15, -0.1) is 0 Å². The average Bonchev–Trinajstić information content (AvgIpc) is 3.09. The molecule has 2 fully saturated rings. The van der Waals surface area contributed by atoms with Crippen molar-refractivity contribution in [1.29, 1.82) is 0 Å². The van der Waals surface area contributed by atoms with Crippen molar-refractivity contribution in [3.63, 3.8) is 0 Å². The first-order valence-corrected chi connectivity index (χ1v) is 8.92. The molecular weight excluding hydrogens is 296 g/mol. The number of hydrogen-bond acceptors (Lipinski definition) is 3. The molecule has 2 atom stereocenters. The van der Waals surface area contributed by atoms with E-state index in [0.29, 0.717) is 5.25 Å². The van der Waals surface area contributed by atoms with Gasteiger partial charge in [0, 0.05) is 23.2 Å². The van der Waals surface area contributed by atoms with Gasteiger partial charge in [0.25, 0.3) is 0 Å². The minimum Gasteiger partial charge on any atom is -0.348 e. The number of alkyl halides is 1. The topological polar surface area (TPSA) is 15.6 Å². The first-order valence-electron chi connectivity index (χ1n) is 6.92. The van der Waals surface area contributed by atoms with Crippen LogP contribution in [0.4, 0.5) is 0 Å². The summed E-state index contributed by atoms with van der Waals surface area (Å²) in [5.74, 6) is 0.962. The molecule has 1 saturated heterocycles. The predicted molar refractivity (Wildman–Crippen MR) is 79.2 cm³/mol. The van der Waals surface area contributed by atoms with Crippen LogP contribution in [0.15, 0.2) is 4.99 Å². The molecule has 0 spiro atoms. The molecule has 3 aliphatic rings. The Kier molecular flexibility index (Phi) is 4.00. The van der Waals surface area contributed by atoms with E-state index in [1.165, 1.54) is 50.2 Å². The highest BCUT2D eigenvalue weighted by Gasteiger charge is 2.36. The molecule has 0 aromatic heterocycles. The molecule has 96 valence electrons. The molecule has 1 saturated carbocycles. The van der Waals surface area contributed by atoms with Crippen molar-refractivity contribution in [1.82, 2.24) is 4.90 Å². The lowest BCUT2D eigenvalue weighted by Gasteiger charge is -2.30. The van der Waals surface area contributed by atoms with Gasteiger partial charge in [-0.2, -0.15) is 0 Å². The highest BCUT2D eigenvalue weighted by atomic mass is 79.9. The van der Waals surface area contributed by atoms with Crippen LogP contribution < -0.4 is 0 Å². The SMILES string of the molecule is BrCC1CN=C(N2CCCC2C2CCCC2)S1. The van der Waals surface area contributed by atoms with Crippen molar-refractivity contribution >= 4 is 32.9 Å². The maximum absolute atomic E-state index is 4.77. The second-order valence-electron chi connectivity index (χ2n) is 5.46. The van der Waals surface area contributed by atoms with Gasteiger partial charge in [0.15, 0.2) is 5.17 Å². The van der Waals surface area contributed by atoms with Crippen molar-refractivity contribution < 1.29 is 0 Å². The molecule has 3 rings (SSSR count). The van der Waals surface area contributed by atoms with Gasteiger partial charge in [0.05, 0.1) is 6.54 Å². The first-order chi connectivity index (χ1) is 8.38. The van der Waals surface area contributed by atoms with Gasteiger partial charge in [-0.25, -0.2) is 0 Å². The van der Waals surface area contributed by atoms with Crippen LogP contribution in [0.5, 0.6) is 0 Å². The average molecular weight is 317 g/mol. The Morgan fingerprint density at radius 3 is 2.76 bits per heavy atom. The zero-order valence-corrected chi connectivity index (χ0v) is 12.7. The Morgan fingerprint density at radius 2 is 2.06 bits per heavy atom. The monoisotopic (exact) mass is 316 g/mol. The van der Waals surface area contributed by atoms with Gasteiger partial charge in [-0.3, -0.25) is 4.99 Å². The van der Waals surface area contributed by atoms with Crippen LogP contribution in [0.2, 0.25) is 0 Å². The lowest BCUT2D eigenvalue weighted by atomic mass is 9.96. The number of likely N-dealkylation sites (tertiary alicyclic amines) is 1. The number of thioether (sulfide) groups is 1. The number of aliphatic imine (C=N–C) groups is 1. The van der Waals surface area contributed by atoms with Gasteiger partial charge in [-0.05, 0) is 31.6 Å². The third-order valence-corrected chi connectivity index (χ3v) is 6.80. The highest BCUT2D eigenvalue weighted by Crippen LogP contribution is 2.38. The van der Waals surface area contributed by atoms with Gasteiger partial charge < -0.3 is 4.90 Å². The number of hydrogen-bond donors (Lipinski definition) is 0. The standard InChI is InChI=1S/C13H21BrN2S/c14-8-11-9-15-13(17-11)16-7-3-6-12(16)10-4-1-2-5-10/h10-12H,1-9H2. The zero-order valence-electron chi connectivity index (χ0n) is 10.3. The summed E-state index contributed by atoms with van der Waals surface area (Å²) in [6.07, 6.45) is 8.61. The fourth-order valence-electron chi connectivity index (χ4n) is 3.50. The summed E-state index contributed by atoms with van der Waals surface area (Å²) >= 11 is 5.58. The molecule has 2 nitrogen and oxygen atoms in total. The summed E-state index contributed by atoms with van der Waals surface area (Å²) in [6, 6.07) is 0.817. The van der Waals surface area contributed by atoms with Crippen LogP contribution in [0.3, 0.4) is 0 Å². The molecule has 0 N–H and O–H groups in total. The van der Waals surface area contributed by atoms with E-state index in [2.05, 4.69) is 20.8 Å². The minimum absolute atomic E-state index is 0.676. The summed E-state index contributed by atoms with van der Waals surface area (Å²) in [5, 5.41) is 3.10. The Balaban J connectivity index is 1.65. The van der Waals surface area contributed by atoms with Crippen LogP contribution in [-0.2, 0) is 0 Å². The second-order valence-corrected chi connectivity index (χ2v) is 7.38. The van der Waals surface area contributed by atoms with E-state index in [0.717, 1.165) is 23.8 Å². The molecule has 0 aromatic rings. The van der Waals surface area contributed by atoms with Crippen molar-refractivity contribution in [3.8, 4) is 0 Å². The Morgan fingerprint density at radius 1 is 1.24 bits per heavy atom. The van der Waals surface area contributed by atoms with E-state index in [1.807, 2.05) is 11.8 Å². The summed E-state index contributed by atoms with van der Waals surface area (Å²) < 4.78 is 0. The van der Waals surface area contributed by atoms with Crippen LogP contribution >= 0.6 is 27.7 Å². The molecule has 0 amide bonds. The van der Waals surface area contributed by atoms with E-state index in [1.54, 1.807) is 0 Å². The number of amidine groups is 1. The Labute approximate surface area is 117 Å². The lowest BCUT2D eigenvalue weighted by Crippen LogP contribution is -2.37. The van der Waals surface area contributed by atoms with Gasteiger partial charge in [0.2, 0.25) is 0 Å². The third-order valence-electron chi connectivity index (χ3n) is 4.36. The van der Waals surface area contributed by atoms with E-state index < -0.39 is 0 Å². The molecule has 2 heterocycles. The number of rotatable bonds is 2. The zero-order chi connectivity index (χ0) is 11.7. The van der Waals surface area contributed by atoms with E-state index in [9.17, 15) is 0 Å². The Bertz CT molecular complexity index is 302. The first kappa shape index (κ1) is 12.3. The summed E-state index contributed by atoms with van der Waals surface area (Å²) in [4.78, 5) is 7.41. The van der Waals surface area contributed by atoms with Crippen molar-refractivity contribution in [2.75, 3.05) is 18.4 Å². The molecular formula is C13H21BrN2S. The van der Waals surface area contributed by atoms with Gasteiger partial charge >= 0.3 is 0 Å². The summed E-state index contributed by atoms with van der Waals surface area (Å²) in [7, 11) is 0. The minimum atomic E-state index is 0.676. The van der Waals surface area contributed by atoms with Crippen molar-refractivity contribution in [2.45, 2.75) is 49.8 Å². The van der Waals surface area contributed by atoms with Crippen LogP contribution in [0, 0.1) is 5.92 Å². The number of nitrogens with zero attached hydrogens (tertiary/aromatic N) is 2. The van der Waals surface area contributed by atoms with Crippen molar-refractivity contribution in [2.24, 2.45) is 10.9 Å². The molecule has 4 heteroatoms. The molecule has 0 bridgehead atoms. The quantitative estimate of drug-likeness (QED) is 0.724. The molecule has 2 unspecified atom stereocenters. The third kappa shape index (κ3) is 2.53. The number of halogens is 1.